The fourth-order valence-corrected chi connectivity index (χ4v) is 2.74. The fourth-order valence-electron chi connectivity index (χ4n) is 2.74. The molecule has 0 fully saturated rings. The van der Waals surface area contributed by atoms with Gasteiger partial charge in [0.05, 0.1) is 6.54 Å². The molecule has 1 aromatic rings. The lowest BCUT2D eigenvalue weighted by molar-refractivity contribution is -0.122. The van der Waals surface area contributed by atoms with Crippen LogP contribution in [0.1, 0.15) is 48.2 Å². The average molecular weight is 288 g/mol. The monoisotopic (exact) mass is 288 g/mol. The summed E-state index contributed by atoms with van der Waals surface area (Å²) in [7, 11) is 1.67. The van der Waals surface area contributed by atoms with Crippen molar-refractivity contribution in [3.8, 4) is 0 Å². The van der Waals surface area contributed by atoms with Crippen LogP contribution in [0.2, 0.25) is 0 Å². The van der Waals surface area contributed by atoms with Gasteiger partial charge in [-0.1, -0.05) is 6.07 Å². The van der Waals surface area contributed by atoms with E-state index in [9.17, 15) is 9.59 Å². The third kappa shape index (κ3) is 4.06. The molecule has 0 aromatic heterocycles. The highest BCUT2D eigenvalue weighted by molar-refractivity contribution is 5.96. The predicted molar refractivity (Wildman–Crippen MR) is 83.3 cm³/mol. The maximum atomic E-state index is 12.4. The molecule has 0 bridgehead atoms. The molecule has 1 aliphatic rings. The first-order valence-corrected chi connectivity index (χ1v) is 7.64. The molecule has 2 amide bonds. The Hall–Kier alpha value is -1.84. The van der Waals surface area contributed by atoms with Crippen LogP contribution in [0.4, 0.5) is 0 Å². The van der Waals surface area contributed by atoms with Crippen LogP contribution in [-0.4, -0.2) is 36.3 Å². The maximum absolute atomic E-state index is 12.4. The standard InChI is InChI=1S/C17H24N2O2/c1-12(2)18-16(20)11-19(3)17(21)15-9-8-13-6-4-5-7-14(13)10-15/h8-10,12H,4-7,11H2,1-3H3,(H,18,20). The maximum Gasteiger partial charge on any atom is 0.254 e. The molecule has 2 rings (SSSR count). The van der Waals surface area contributed by atoms with E-state index in [1.165, 1.54) is 28.9 Å². The SMILES string of the molecule is CC(C)NC(=O)CN(C)C(=O)c1ccc2c(c1)CCCC2. The molecule has 0 heterocycles. The highest BCUT2D eigenvalue weighted by Crippen LogP contribution is 2.22. The summed E-state index contributed by atoms with van der Waals surface area (Å²) >= 11 is 0. The Morgan fingerprint density at radius 2 is 1.86 bits per heavy atom. The largest absolute Gasteiger partial charge is 0.352 e. The quantitative estimate of drug-likeness (QED) is 0.923. The van der Waals surface area contributed by atoms with Crippen molar-refractivity contribution in [1.82, 2.24) is 10.2 Å². The molecule has 4 nitrogen and oxygen atoms in total. The fraction of sp³-hybridized carbons (Fsp3) is 0.529. The van der Waals surface area contributed by atoms with Gasteiger partial charge in [-0.05, 0) is 62.8 Å². The lowest BCUT2D eigenvalue weighted by Crippen LogP contribution is -2.40. The Morgan fingerprint density at radius 3 is 2.52 bits per heavy atom. The lowest BCUT2D eigenvalue weighted by atomic mass is 9.90. The Morgan fingerprint density at radius 1 is 1.19 bits per heavy atom. The van der Waals surface area contributed by atoms with Crippen molar-refractivity contribution in [2.75, 3.05) is 13.6 Å². The summed E-state index contributed by atoms with van der Waals surface area (Å²) in [6, 6.07) is 6.02. The molecule has 0 radical (unpaired) electrons. The van der Waals surface area contributed by atoms with Crippen molar-refractivity contribution in [1.29, 1.82) is 0 Å². The molecular weight excluding hydrogens is 264 g/mol. The number of nitrogens with zero attached hydrogens (tertiary/aromatic N) is 1. The van der Waals surface area contributed by atoms with E-state index < -0.39 is 0 Å². The summed E-state index contributed by atoms with van der Waals surface area (Å²) in [4.78, 5) is 25.6. The van der Waals surface area contributed by atoms with Crippen molar-refractivity contribution < 1.29 is 9.59 Å². The minimum atomic E-state index is -0.126. The minimum absolute atomic E-state index is 0.0877. The molecule has 0 unspecified atom stereocenters. The molecule has 1 aromatic carbocycles. The number of hydrogen-bond donors (Lipinski definition) is 1. The average Bonchev–Trinajstić information content (AvgIpc) is 2.45. The second-order valence-electron chi connectivity index (χ2n) is 6.07. The summed E-state index contributed by atoms with van der Waals surface area (Å²) in [5.41, 5.74) is 3.32. The molecule has 1 aliphatic carbocycles. The lowest BCUT2D eigenvalue weighted by Gasteiger charge is -2.20. The van der Waals surface area contributed by atoms with E-state index in [2.05, 4.69) is 11.4 Å². The molecule has 0 spiro atoms. The van der Waals surface area contributed by atoms with Crippen LogP contribution in [0.5, 0.6) is 0 Å². The van der Waals surface area contributed by atoms with Crippen LogP contribution in [0.25, 0.3) is 0 Å². The molecular formula is C17H24N2O2. The first-order valence-electron chi connectivity index (χ1n) is 7.64. The van der Waals surface area contributed by atoms with Gasteiger partial charge in [0.1, 0.15) is 0 Å². The molecule has 1 N–H and O–H groups in total. The number of carbonyl (C=O) groups is 2. The van der Waals surface area contributed by atoms with E-state index >= 15 is 0 Å². The molecule has 4 heteroatoms. The Bertz CT molecular complexity index is 538. The van der Waals surface area contributed by atoms with Gasteiger partial charge in [0.25, 0.3) is 5.91 Å². The normalized spacial score (nSPS) is 13.7. The van der Waals surface area contributed by atoms with Crippen LogP contribution in [0, 0.1) is 0 Å². The number of fused-ring (bicyclic) bond motifs is 1. The van der Waals surface area contributed by atoms with Crippen molar-refractivity contribution in [2.24, 2.45) is 0 Å². The van der Waals surface area contributed by atoms with Crippen LogP contribution in [0.3, 0.4) is 0 Å². The Labute approximate surface area is 126 Å². The number of benzene rings is 1. The predicted octanol–water partition coefficient (Wildman–Crippen LogP) is 2.16. The number of amides is 2. The first-order chi connectivity index (χ1) is 9.97. The first kappa shape index (κ1) is 15.5. The summed E-state index contributed by atoms with van der Waals surface area (Å²) in [5, 5.41) is 2.80. The number of rotatable bonds is 4. The molecule has 0 saturated carbocycles. The van der Waals surface area contributed by atoms with Crippen molar-refractivity contribution in [3.05, 3.63) is 34.9 Å². The Balaban J connectivity index is 2.03. The molecule has 0 atom stereocenters. The van der Waals surface area contributed by atoms with Gasteiger partial charge in [-0.15, -0.1) is 0 Å². The van der Waals surface area contributed by atoms with Crippen molar-refractivity contribution in [2.45, 2.75) is 45.6 Å². The number of aryl methyl sites for hydroxylation is 2. The topological polar surface area (TPSA) is 49.4 Å². The van der Waals surface area contributed by atoms with Crippen LogP contribution < -0.4 is 5.32 Å². The molecule has 21 heavy (non-hydrogen) atoms. The van der Waals surface area contributed by atoms with Gasteiger partial charge < -0.3 is 10.2 Å². The summed E-state index contributed by atoms with van der Waals surface area (Å²) in [5.74, 6) is -0.221. The van der Waals surface area contributed by atoms with Crippen molar-refractivity contribution >= 4 is 11.8 Å². The van der Waals surface area contributed by atoms with Gasteiger partial charge in [0.15, 0.2) is 0 Å². The minimum Gasteiger partial charge on any atom is -0.352 e. The van der Waals surface area contributed by atoms with Crippen molar-refractivity contribution in [3.63, 3.8) is 0 Å². The van der Waals surface area contributed by atoms with Gasteiger partial charge in [0, 0.05) is 18.7 Å². The molecule has 0 aliphatic heterocycles. The van der Waals surface area contributed by atoms with E-state index in [0.717, 1.165) is 12.8 Å². The zero-order valence-electron chi connectivity index (χ0n) is 13.1. The second-order valence-corrected chi connectivity index (χ2v) is 6.07. The van der Waals surface area contributed by atoms with E-state index in [1.54, 1.807) is 7.05 Å². The molecule has 114 valence electrons. The van der Waals surface area contributed by atoms with E-state index in [4.69, 9.17) is 0 Å². The highest BCUT2D eigenvalue weighted by atomic mass is 16.2. The zero-order chi connectivity index (χ0) is 15.4. The summed E-state index contributed by atoms with van der Waals surface area (Å²) < 4.78 is 0. The highest BCUT2D eigenvalue weighted by Gasteiger charge is 2.17. The number of nitrogens with one attached hydrogen (secondary N) is 1. The van der Waals surface area contributed by atoms with Gasteiger partial charge >= 0.3 is 0 Å². The van der Waals surface area contributed by atoms with Crippen LogP contribution in [-0.2, 0) is 17.6 Å². The van der Waals surface area contributed by atoms with Crippen LogP contribution >= 0.6 is 0 Å². The van der Waals surface area contributed by atoms with Gasteiger partial charge in [-0.3, -0.25) is 9.59 Å². The Kier molecular flexibility index (Phi) is 4.99. The summed E-state index contributed by atoms with van der Waals surface area (Å²) in [6.07, 6.45) is 4.58. The third-order valence-corrected chi connectivity index (χ3v) is 3.77. The smallest absolute Gasteiger partial charge is 0.254 e. The van der Waals surface area contributed by atoms with Crippen LogP contribution in [0.15, 0.2) is 18.2 Å². The number of hydrogen-bond acceptors (Lipinski definition) is 2. The van der Waals surface area contributed by atoms with E-state index in [0.29, 0.717) is 5.56 Å². The van der Waals surface area contributed by atoms with Gasteiger partial charge in [-0.2, -0.15) is 0 Å². The van der Waals surface area contributed by atoms with E-state index in [1.807, 2.05) is 26.0 Å². The number of likely N-dealkylation sites (N-methyl/N-ethyl adjacent to an activating group) is 1. The van der Waals surface area contributed by atoms with Gasteiger partial charge in [0.2, 0.25) is 5.91 Å². The third-order valence-electron chi connectivity index (χ3n) is 3.77. The second kappa shape index (κ2) is 6.74. The van der Waals surface area contributed by atoms with Gasteiger partial charge in [-0.25, -0.2) is 0 Å². The molecule has 0 saturated heterocycles. The zero-order valence-corrected chi connectivity index (χ0v) is 13.1. The number of carbonyl (C=O) groups excluding carboxylic acids is 2. The summed E-state index contributed by atoms with van der Waals surface area (Å²) in [6.45, 7) is 3.90. The van der Waals surface area contributed by atoms with E-state index in [-0.39, 0.29) is 24.4 Å².